The second kappa shape index (κ2) is 9.84. The molecule has 2 aromatic carbocycles. The van der Waals surface area contributed by atoms with Gasteiger partial charge in [-0.2, -0.15) is 5.26 Å². The first-order valence-electron chi connectivity index (χ1n) is 10.7. The fourth-order valence-corrected chi connectivity index (χ4v) is 5.00. The number of hydrogen-bond acceptors (Lipinski definition) is 6. The maximum absolute atomic E-state index is 12.1. The average molecular weight is 460 g/mol. The van der Waals surface area contributed by atoms with Crippen LogP contribution in [0.4, 0.5) is 5.69 Å². The van der Waals surface area contributed by atoms with Gasteiger partial charge in [0, 0.05) is 54.0 Å². The minimum atomic E-state index is -1.90. The molecule has 1 aliphatic rings. The molecule has 8 heteroatoms. The molecule has 33 heavy (non-hydrogen) atoms. The molecule has 1 aromatic heterocycles. The van der Waals surface area contributed by atoms with Gasteiger partial charge in [0.15, 0.2) is 0 Å². The number of nitrogens with zero attached hydrogens (tertiary/aromatic N) is 4. The molecule has 0 unspecified atom stereocenters. The van der Waals surface area contributed by atoms with Crippen LogP contribution in [-0.2, 0) is 15.9 Å². The summed E-state index contributed by atoms with van der Waals surface area (Å²) in [5.74, 6) is 5.54. The van der Waals surface area contributed by atoms with Crippen LogP contribution in [0.5, 0.6) is 0 Å². The van der Waals surface area contributed by atoms with Crippen molar-refractivity contribution in [2.75, 3.05) is 36.0 Å². The Morgan fingerprint density at radius 3 is 2.45 bits per heavy atom. The zero-order valence-electron chi connectivity index (χ0n) is 18.2. The van der Waals surface area contributed by atoms with Crippen LogP contribution in [0.15, 0.2) is 60.8 Å². The number of hydrogen-bond donors (Lipinski definition) is 1. The topological polar surface area (TPSA) is 99.0 Å². The molecule has 1 saturated heterocycles. The number of carbonyl (C=O) groups is 1. The van der Waals surface area contributed by atoms with Gasteiger partial charge in [0.25, 0.3) is 5.91 Å². The van der Waals surface area contributed by atoms with Crippen molar-refractivity contribution in [2.24, 2.45) is 0 Å². The molecular weight excluding hydrogens is 434 g/mol. The third-order valence-corrected chi connectivity index (χ3v) is 7.46. The van der Waals surface area contributed by atoms with Gasteiger partial charge in [-0.15, -0.1) is 0 Å². The highest BCUT2D eigenvalue weighted by Crippen LogP contribution is 2.21. The molecule has 1 N–H and O–H groups in total. The van der Waals surface area contributed by atoms with E-state index in [0.29, 0.717) is 29.3 Å². The summed E-state index contributed by atoms with van der Waals surface area (Å²) in [6, 6.07) is 19.2. The summed E-state index contributed by atoms with van der Waals surface area (Å²) < 4.78 is 12.1. The lowest BCUT2D eigenvalue weighted by Crippen LogP contribution is -2.40. The van der Waals surface area contributed by atoms with Crippen LogP contribution >= 0.6 is 0 Å². The molecular formula is C25H25N5O2S. The second-order valence-electron chi connectivity index (χ2n) is 7.98. The van der Waals surface area contributed by atoms with Gasteiger partial charge in [-0.05, 0) is 51.3 Å². The van der Waals surface area contributed by atoms with Gasteiger partial charge in [0.2, 0.25) is 0 Å². The number of rotatable bonds is 6. The summed E-state index contributed by atoms with van der Waals surface area (Å²) in [7, 11) is -1.90. The molecule has 7 nitrogen and oxygen atoms in total. The third kappa shape index (κ3) is 5.76. The Morgan fingerprint density at radius 2 is 1.79 bits per heavy atom. The first-order chi connectivity index (χ1) is 15.9. The first-order valence-corrected chi connectivity index (χ1v) is 12.7. The lowest BCUT2D eigenvalue weighted by molar-refractivity contribution is 0.0958. The molecule has 0 atom stereocenters. The predicted molar refractivity (Wildman–Crippen MR) is 132 cm³/mol. The summed E-state index contributed by atoms with van der Waals surface area (Å²) in [6.07, 6.45) is 2.35. The fourth-order valence-electron chi connectivity index (χ4n) is 3.69. The predicted octanol–water partition coefficient (Wildman–Crippen LogP) is 2.52. The first kappa shape index (κ1) is 22.5. The minimum Gasteiger partial charge on any atom is -0.370 e. The Balaban J connectivity index is 1.42. The third-order valence-electron chi connectivity index (χ3n) is 5.61. The molecule has 0 saturated carbocycles. The van der Waals surface area contributed by atoms with Crippen molar-refractivity contribution in [3.8, 4) is 17.3 Å². The number of amides is 1. The number of benzene rings is 2. The van der Waals surface area contributed by atoms with Crippen molar-refractivity contribution < 1.29 is 9.00 Å². The molecule has 1 aliphatic heterocycles. The number of anilines is 1. The quantitative estimate of drug-likeness (QED) is 0.449. The molecule has 0 spiro atoms. The van der Waals surface area contributed by atoms with Gasteiger partial charge < -0.3 is 10.2 Å². The molecule has 0 aliphatic carbocycles. The Kier molecular flexibility index (Phi) is 6.71. The van der Waals surface area contributed by atoms with Crippen LogP contribution in [0, 0.1) is 11.3 Å². The number of carbonyl (C=O) groups excluding carboxylic acids is 1. The fraction of sp³-hybridized carbons (Fsp3) is 0.240. The lowest BCUT2D eigenvalue weighted by atomic mass is 10.1. The van der Waals surface area contributed by atoms with Gasteiger partial charge in [0.1, 0.15) is 12.4 Å². The van der Waals surface area contributed by atoms with E-state index in [9.17, 15) is 9.00 Å². The highest BCUT2D eigenvalue weighted by molar-refractivity contribution is 8.00. The van der Waals surface area contributed by atoms with E-state index in [1.807, 2.05) is 24.3 Å². The van der Waals surface area contributed by atoms with E-state index in [1.54, 1.807) is 18.3 Å². The van der Waals surface area contributed by atoms with Gasteiger partial charge in [-0.1, -0.05) is 24.3 Å². The normalized spacial score (nSPS) is 14.9. The van der Waals surface area contributed by atoms with Crippen LogP contribution in [0.1, 0.15) is 21.7 Å². The Hall–Kier alpha value is -3.70. The van der Waals surface area contributed by atoms with Crippen LogP contribution in [0.25, 0.3) is 11.3 Å². The smallest absolute Gasteiger partial charge is 0.252 e. The van der Waals surface area contributed by atoms with E-state index in [-0.39, 0.29) is 12.5 Å². The van der Waals surface area contributed by atoms with Crippen molar-refractivity contribution in [1.82, 2.24) is 15.3 Å². The molecule has 0 radical (unpaired) electrons. The van der Waals surface area contributed by atoms with Crippen molar-refractivity contribution in [3.63, 3.8) is 0 Å². The van der Waals surface area contributed by atoms with E-state index in [0.717, 1.165) is 35.6 Å². The molecule has 4 rings (SSSR count). The van der Waals surface area contributed by atoms with Crippen molar-refractivity contribution >= 4 is 27.0 Å². The van der Waals surface area contributed by atoms with E-state index < -0.39 is 9.52 Å². The van der Waals surface area contributed by atoms with E-state index in [4.69, 9.17) is 5.26 Å². The highest BCUT2D eigenvalue weighted by atomic mass is 32.2. The largest absolute Gasteiger partial charge is 0.370 e. The van der Waals surface area contributed by atoms with Gasteiger partial charge in [-0.25, -0.2) is 9.97 Å². The van der Waals surface area contributed by atoms with Gasteiger partial charge in [0.05, 0.1) is 11.8 Å². The summed E-state index contributed by atoms with van der Waals surface area (Å²) in [5.41, 5.74) is 4.40. The monoisotopic (exact) mass is 459 g/mol. The Morgan fingerprint density at radius 1 is 1.09 bits per heavy atom. The number of aromatic nitrogens is 2. The molecule has 2 heterocycles. The number of nitrogens with one attached hydrogen (secondary N) is 1. The summed E-state index contributed by atoms with van der Waals surface area (Å²) in [4.78, 5) is 23.3. The van der Waals surface area contributed by atoms with Crippen molar-refractivity contribution in [2.45, 2.75) is 6.42 Å². The summed E-state index contributed by atoms with van der Waals surface area (Å²) in [6.45, 7) is 1.52. The van der Waals surface area contributed by atoms with Crippen LogP contribution < -0.4 is 10.2 Å². The van der Waals surface area contributed by atoms with E-state index in [2.05, 4.69) is 50.3 Å². The summed E-state index contributed by atoms with van der Waals surface area (Å²) in [5, 5.41) is 11.1. The Bertz CT molecular complexity index is 1270. The van der Waals surface area contributed by atoms with Crippen LogP contribution in [-0.4, -0.2) is 57.1 Å². The molecule has 1 fully saturated rings. The number of nitriles is 1. The standard InChI is InChI=1S/C25H25N5O2S/c1-33(32)16-14-30(15-17-33)22-8-2-19(3-9-22)18-24-27-12-10-23(29-24)20-4-6-21(7-5-20)25(31)28-13-11-26/h2-10,12H,1,13-18H2,(H,28,31). The molecule has 1 amide bonds. The van der Waals surface area contributed by atoms with Crippen molar-refractivity contribution in [3.05, 3.63) is 77.7 Å². The molecule has 3 aromatic rings. The lowest BCUT2D eigenvalue weighted by Gasteiger charge is -2.30. The van der Waals surface area contributed by atoms with Gasteiger partial charge in [-0.3, -0.25) is 9.00 Å². The van der Waals surface area contributed by atoms with E-state index in [1.165, 1.54) is 0 Å². The average Bonchev–Trinajstić information content (AvgIpc) is 2.83. The maximum atomic E-state index is 12.1. The SMILES string of the molecule is C=S1(=O)CCN(c2ccc(Cc3nccc(-c4ccc(C(=O)NCC#N)cc4)n3)cc2)CC1. The molecule has 0 bridgehead atoms. The van der Waals surface area contributed by atoms with Crippen LogP contribution in [0.2, 0.25) is 0 Å². The van der Waals surface area contributed by atoms with Gasteiger partial charge >= 0.3 is 0 Å². The van der Waals surface area contributed by atoms with Crippen molar-refractivity contribution in [1.29, 1.82) is 5.26 Å². The van der Waals surface area contributed by atoms with E-state index >= 15 is 0 Å². The summed E-state index contributed by atoms with van der Waals surface area (Å²) >= 11 is 0. The zero-order chi connectivity index (χ0) is 23.3. The Labute approximate surface area is 194 Å². The second-order valence-corrected chi connectivity index (χ2v) is 10.7. The van der Waals surface area contributed by atoms with Crippen LogP contribution in [0.3, 0.4) is 0 Å². The maximum Gasteiger partial charge on any atom is 0.252 e. The zero-order valence-corrected chi connectivity index (χ0v) is 19.1. The minimum absolute atomic E-state index is 0.0210. The molecule has 168 valence electrons. The highest BCUT2D eigenvalue weighted by Gasteiger charge is 2.17.